The number of hydrogen-bond acceptors (Lipinski definition) is 6. The number of ether oxygens (including phenoxy) is 3. The van der Waals surface area contributed by atoms with E-state index in [4.69, 9.17) is 24.3 Å². The Balaban J connectivity index is 0.000000408. The van der Waals surface area contributed by atoms with Gasteiger partial charge in [0.2, 0.25) is 11.8 Å². The first-order valence-corrected chi connectivity index (χ1v) is 28.7. The number of unbranched alkanes of at least 4 members (excludes halogenated alkanes) is 24. The predicted octanol–water partition coefficient (Wildman–Crippen LogP) is 17.9. The van der Waals surface area contributed by atoms with E-state index >= 15 is 0 Å². The molecule has 6 heteroatoms. The van der Waals surface area contributed by atoms with Crippen molar-refractivity contribution in [3.63, 3.8) is 0 Å². The van der Waals surface area contributed by atoms with Gasteiger partial charge in [0.25, 0.3) is 0 Å². The Kier molecular flexibility index (Phi) is 40.1. The molecule has 0 spiro atoms. The van der Waals surface area contributed by atoms with Gasteiger partial charge in [-0.25, -0.2) is 9.98 Å². The molecular formula is C61H106N2O4. The molecule has 384 valence electrons. The minimum absolute atomic E-state index is 0.0519. The molecule has 0 unspecified atom stereocenters. The highest BCUT2D eigenvalue weighted by Gasteiger charge is 2.21. The van der Waals surface area contributed by atoms with Gasteiger partial charge in [-0.1, -0.05) is 276 Å². The average molecular weight is 932 g/mol. The van der Waals surface area contributed by atoms with Crippen LogP contribution < -0.4 is 0 Å². The molecule has 4 rings (SSSR count). The lowest BCUT2D eigenvalue weighted by atomic mass is 9.91. The largest absolute Gasteiger partial charge is 0.475 e. The number of benzene rings is 2. The van der Waals surface area contributed by atoms with E-state index < -0.39 is 0 Å². The molecule has 2 aromatic carbocycles. The Morgan fingerprint density at radius 1 is 0.463 bits per heavy atom. The number of nitrogens with zero attached hydrogens (tertiary/aromatic N) is 2. The summed E-state index contributed by atoms with van der Waals surface area (Å²) in [5, 5.41) is 8.84. The molecule has 2 aromatic rings. The van der Waals surface area contributed by atoms with Gasteiger partial charge in [0.15, 0.2) is 0 Å². The van der Waals surface area contributed by atoms with Crippen molar-refractivity contribution in [3.8, 4) is 0 Å². The van der Waals surface area contributed by atoms with Gasteiger partial charge < -0.3 is 19.3 Å². The van der Waals surface area contributed by atoms with Crippen LogP contribution in [0.3, 0.4) is 0 Å². The van der Waals surface area contributed by atoms with Gasteiger partial charge in [-0.15, -0.1) is 0 Å². The summed E-state index contributed by atoms with van der Waals surface area (Å²) in [6.45, 7) is 14.3. The van der Waals surface area contributed by atoms with Crippen LogP contribution in [0.15, 0.2) is 70.6 Å². The first kappa shape index (κ1) is 60.4. The fourth-order valence-corrected chi connectivity index (χ4v) is 9.32. The molecule has 2 aliphatic rings. The molecule has 2 heterocycles. The maximum absolute atomic E-state index is 8.84. The molecule has 0 aliphatic carbocycles. The maximum Gasteiger partial charge on any atom is 0.216 e. The molecule has 0 aromatic heterocycles. The van der Waals surface area contributed by atoms with Crippen LogP contribution in [-0.2, 0) is 14.2 Å². The van der Waals surface area contributed by atoms with E-state index in [1.807, 2.05) is 48.5 Å². The van der Waals surface area contributed by atoms with Crippen molar-refractivity contribution in [3.05, 3.63) is 71.8 Å². The molecule has 2 aliphatic heterocycles. The minimum Gasteiger partial charge on any atom is -0.475 e. The third-order valence-electron chi connectivity index (χ3n) is 13.7. The van der Waals surface area contributed by atoms with E-state index in [2.05, 4.69) is 51.7 Å². The molecule has 0 amide bonds. The molecule has 0 fully saturated rings. The van der Waals surface area contributed by atoms with Crippen LogP contribution in [0, 0.1) is 11.8 Å². The van der Waals surface area contributed by atoms with Crippen LogP contribution in [0.5, 0.6) is 0 Å². The third-order valence-corrected chi connectivity index (χ3v) is 13.7. The molecule has 1 N–H and O–H groups in total. The van der Waals surface area contributed by atoms with Gasteiger partial charge in [0.05, 0.1) is 13.2 Å². The van der Waals surface area contributed by atoms with Gasteiger partial charge in [0, 0.05) is 17.7 Å². The van der Waals surface area contributed by atoms with Crippen LogP contribution in [0.1, 0.15) is 258 Å². The highest BCUT2D eigenvalue weighted by atomic mass is 16.5. The monoisotopic (exact) mass is 931 g/mol. The molecule has 6 nitrogen and oxygen atoms in total. The minimum atomic E-state index is -0.0878. The second-order valence-corrected chi connectivity index (χ2v) is 20.2. The summed E-state index contributed by atoms with van der Waals surface area (Å²) in [7, 11) is 0. The lowest BCUT2D eigenvalue weighted by Gasteiger charge is -2.17. The number of hydrogen-bond donors (Lipinski definition) is 1. The molecule has 0 bridgehead atoms. The highest BCUT2D eigenvalue weighted by molar-refractivity contribution is 5.95. The number of aliphatic hydroxyl groups is 1. The smallest absolute Gasteiger partial charge is 0.216 e. The second-order valence-electron chi connectivity index (χ2n) is 20.2. The Morgan fingerprint density at radius 3 is 1.22 bits per heavy atom. The van der Waals surface area contributed by atoms with Crippen molar-refractivity contribution >= 4 is 11.8 Å². The standard InChI is InChI=1S/C33H57NO2.C18H38.C10H11NO2/c1-3-5-7-9-10-11-12-13-14-16-19-23-30(22-18-15-8-6-4-2)26-27-35-28-32-29-36-33(34-32)31-24-20-17-21-25-31;1-4-6-7-8-9-10-11-12-13-14-15-17-18(3)16-5-2;12-6-9-7-13-10(11-9)8-4-2-1-3-5-8/h17,20-21,24-25,30,32H,3-16,18-19,22-23,26-29H2,1-2H3;18H,4-17H2,1-3H3;1-5,9,12H,6-7H2/t30-,32-;18-;9-/m101/s1. The van der Waals surface area contributed by atoms with Crippen LogP contribution in [0.4, 0.5) is 0 Å². The van der Waals surface area contributed by atoms with Crippen molar-refractivity contribution in [2.45, 2.75) is 259 Å². The Bertz CT molecular complexity index is 1400. The van der Waals surface area contributed by atoms with E-state index in [0.717, 1.165) is 35.5 Å². The van der Waals surface area contributed by atoms with Crippen molar-refractivity contribution in [1.29, 1.82) is 0 Å². The molecule has 67 heavy (non-hydrogen) atoms. The van der Waals surface area contributed by atoms with E-state index in [1.165, 1.54) is 212 Å². The van der Waals surface area contributed by atoms with Crippen LogP contribution in [0.25, 0.3) is 0 Å². The van der Waals surface area contributed by atoms with Gasteiger partial charge >= 0.3 is 0 Å². The highest BCUT2D eigenvalue weighted by Crippen LogP contribution is 2.23. The summed E-state index contributed by atoms with van der Waals surface area (Å²) in [5.74, 6) is 3.20. The van der Waals surface area contributed by atoms with E-state index in [9.17, 15) is 0 Å². The van der Waals surface area contributed by atoms with Crippen molar-refractivity contribution in [1.82, 2.24) is 0 Å². The lowest BCUT2D eigenvalue weighted by Crippen LogP contribution is -2.16. The predicted molar refractivity (Wildman–Crippen MR) is 291 cm³/mol. The summed E-state index contributed by atoms with van der Waals surface area (Å²) < 4.78 is 17.2. The van der Waals surface area contributed by atoms with Crippen molar-refractivity contribution in [2.75, 3.05) is 33.0 Å². The van der Waals surface area contributed by atoms with Gasteiger partial charge in [-0.05, 0) is 42.5 Å². The van der Waals surface area contributed by atoms with Crippen LogP contribution in [0.2, 0.25) is 0 Å². The summed E-state index contributed by atoms with van der Waals surface area (Å²) in [5.41, 5.74) is 2.04. The summed E-state index contributed by atoms with van der Waals surface area (Å²) in [4.78, 5) is 8.95. The fraction of sp³-hybridized carbons (Fsp3) is 0.770. The Hall–Kier alpha value is -2.70. The molecule has 0 radical (unpaired) electrons. The van der Waals surface area contributed by atoms with Crippen LogP contribution >= 0.6 is 0 Å². The van der Waals surface area contributed by atoms with E-state index in [0.29, 0.717) is 25.7 Å². The summed E-state index contributed by atoms with van der Waals surface area (Å²) >= 11 is 0. The van der Waals surface area contributed by atoms with Crippen molar-refractivity contribution in [2.24, 2.45) is 21.8 Å². The van der Waals surface area contributed by atoms with E-state index in [-0.39, 0.29) is 18.7 Å². The van der Waals surface area contributed by atoms with Gasteiger partial charge in [-0.3, -0.25) is 0 Å². The molecular weight excluding hydrogens is 825 g/mol. The normalized spacial score (nSPS) is 16.2. The lowest BCUT2D eigenvalue weighted by molar-refractivity contribution is 0.0983. The van der Waals surface area contributed by atoms with Gasteiger partial charge in [0.1, 0.15) is 25.3 Å². The maximum atomic E-state index is 8.84. The number of aliphatic imine (C=N–C) groups is 2. The number of rotatable bonds is 40. The SMILES string of the molecule is CCCCCCCCCCCCC[C@@H](C)CCC.CCCCCCCCCCCCC[C@@H](CCCCCCC)CCOC[C@@H]1COC(c2ccccc2)=N1.OC[C@@H]1COC(c2ccccc2)=N1. The zero-order valence-electron chi connectivity index (χ0n) is 44.5. The quantitative estimate of drug-likeness (QED) is 0.0676. The first-order chi connectivity index (χ1) is 33.0. The number of aliphatic hydroxyl groups excluding tert-OH is 1. The molecule has 0 saturated heterocycles. The molecule has 0 saturated carbocycles. The van der Waals surface area contributed by atoms with Gasteiger partial charge in [-0.2, -0.15) is 0 Å². The summed E-state index contributed by atoms with van der Waals surface area (Å²) in [6, 6.07) is 20.0. The topological polar surface area (TPSA) is 72.6 Å². The third kappa shape index (κ3) is 33.5. The zero-order valence-corrected chi connectivity index (χ0v) is 44.5. The molecule has 4 atom stereocenters. The first-order valence-electron chi connectivity index (χ1n) is 28.7. The summed E-state index contributed by atoms with van der Waals surface area (Å²) in [6.07, 6.45) is 46.9. The van der Waals surface area contributed by atoms with E-state index in [1.54, 1.807) is 0 Å². The second kappa shape index (κ2) is 44.5. The Labute approximate surface area is 414 Å². The van der Waals surface area contributed by atoms with Crippen LogP contribution in [-0.4, -0.2) is 62.0 Å². The van der Waals surface area contributed by atoms with Crippen molar-refractivity contribution < 1.29 is 19.3 Å². The average Bonchev–Trinajstić information content (AvgIpc) is 4.05. The fourth-order valence-electron chi connectivity index (χ4n) is 9.32. The zero-order chi connectivity index (χ0) is 48.1. The Morgan fingerprint density at radius 2 is 0.836 bits per heavy atom.